The molecule has 0 bridgehead atoms. The first kappa shape index (κ1) is 19.6. The predicted octanol–water partition coefficient (Wildman–Crippen LogP) is 4.35. The molecular weight excluding hydrogens is 349 g/mol. The average Bonchev–Trinajstić information content (AvgIpc) is 2.54. The number of benzene rings is 2. The summed E-state index contributed by atoms with van der Waals surface area (Å²) in [5.41, 5.74) is -1.66. The van der Waals surface area contributed by atoms with Crippen LogP contribution in [0.25, 0.3) is 0 Å². The van der Waals surface area contributed by atoms with Gasteiger partial charge in [-0.1, -0.05) is 12.1 Å². The van der Waals surface area contributed by atoms with E-state index in [1.54, 1.807) is 19.1 Å². The van der Waals surface area contributed by atoms with E-state index in [1.165, 1.54) is 19.1 Å². The fraction of sp³-hybridized carbons (Fsp3) is 0.316. The van der Waals surface area contributed by atoms with Gasteiger partial charge in [0.2, 0.25) is 5.60 Å². The molecule has 0 fully saturated rings. The molecule has 0 aromatic heterocycles. The second-order valence-corrected chi connectivity index (χ2v) is 5.92. The molecule has 1 N–H and O–H groups in total. The molecule has 0 unspecified atom stereocenters. The molecule has 2 aromatic carbocycles. The van der Waals surface area contributed by atoms with Gasteiger partial charge in [0, 0.05) is 6.42 Å². The lowest BCUT2D eigenvalue weighted by molar-refractivity contribution is -0.160. The van der Waals surface area contributed by atoms with E-state index in [1.807, 2.05) is 0 Å². The number of ether oxygens (including phenoxy) is 2. The molecule has 0 aliphatic rings. The second-order valence-electron chi connectivity index (χ2n) is 5.92. The minimum Gasteiger partial charge on any atom is -0.508 e. The SMILES string of the molecule is CCOC(=O)[C@](C)(Cc1cccc(O)c1)Oc1ccc(C(F)(F)F)cc1. The van der Waals surface area contributed by atoms with Crippen LogP contribution in [-0.2, 0) is 22.1 Å². The van der Waals surface area contributed by atoms with E-state index in [-0.39, 0.29) is 24.5 Å². The quantitative estimate of drug-likeness (QED) is 0.770. The summed E-state index contributed by atoms with van der Waals surface area (Å²) in [7, 11) is 0. The number of alkyl halides is 3. The van der Waals surface area contributed by atoms with Crippen LogP contribution in [0, 0.1) is 0 Å². The monoisotopic (exact) mass is 368 g/mol. The molecule has 0 amide bonds. The van der Waals surface area contributed by atoms with Gasteiger partial charge in [0.25, 0.3) is 0 Å². The number of phenols is 1. The van der Waals surface area contributed by atoms with Gasteiger partial charge in [-0.2, -0.15) is 13.2 Å². The van der Waals surface area contributed by atoms with Crippen molar-refractivity contribution in [2.75, 3.05) is 6.61 Å². The zero-order chi connectivity index (χ0) is 19.4. The van der Waals surface area contributed by atoms with Crippen molar-refractivity contribution in [3.8, 4) is 11.5 Å². The standard InChI is InChI=1S/C19H19F3O4/c1-3-25-17(24)18(2,12-13-5-4-6-15(23)11-13)26-16-9-7-14(8-10-16)19(20,21)22/h4-11,23H,3,12H2,1-2H3/t18-/m0/s1. The summed E-state index contributed by atoms with van der Waals surface area (Å²) in [5, 5.41) is 9.58. The van der Waals surface area contributed by atoms with Crippen LogP contribution in [0.1, 0.15) is 25.0 Å². The maximum absolute atomic E-state index is 12.7. The average molecular weight is 368 g/mol. The van der Waals surface area contributed by atoms with Crippen molar-refractivity contribution in [1.29, 1.82) is 0 Å². The highest BCUT2D eigenvalue weighted by Gasteiger charge is 2.38. The minimum absolute atomic E-state index is 0.0308. The lowest BCUT2D eigenvalue weighted by Crippen LogP contribution is -2.45. The summed E-state index contributed by atoms with van der Waals surface area (Å²) >= 11 is 0. The summed E-state index contributed by atoms with van der Waals surface area (Å²) in [4.78, 5) is 12.4. The number of esters is 1. The summed E-state index contributed by atoms with van der Waals surface area (Å²) in [6.45, 7) is 3.27. The molecule has 0 aliphatic heterocycles. The van der Waals surface area contributed by atoms with Gasteiger partial charge < -0.3 is 14.6 Å². The molecule has 4 nitrogen and oxygen atoms in total. The molecule has 0 saturated carbocycles. The molecule has 7 heteroatoms. The van der Waals surface area contributed by atoms with Crippen molar-refractivity contribution in [3.05, 3.63) is 59.7 Å². The Bertz CT molecular complexity index is 756. The van der Waals surface area contributed by atoms with Crippen LogP contribution >= 0.6 is 0 Å². The molecule has 2 aromatic rings. The van der Waals surface area contributed by atoms with Crippen LogP contribution in [0.4, 0.5) is 13.2 Å². The molecule has 0 heterocycles. The smallest absolute Gasteiger partial charge is 0.416 e. The number of rotatable bonds is 6. The van der Waals surface area contributed by atoms with Crippen LogP contribution in [-0.4, -0.2) is 23.3 Å². The maximum Gasteiger partial charge on any atom is 0.416 e. The first-order valence-electron chi connectivity index (χ1n) is 7.95. The van der Waals surface area contributed by atoms with Crippen LogP contribution < -0.4 is 4.74 Å². The highest BCUT2D eigenvalue weighted by Crippen LogP contribution is 2.32. The van der Waals surface area contributed by atoms with Crippen LogP contribution in [0.5, 0.6) is 11.5 Å². The van der Waals surface area contributed by atoms with Crippen molar-refractivity contribution in [2.24, 2.45) is 0 Å². The Kier molecular flexibility index (Phi) is 5.79. The van der Waals surface area contributed by atoms with E-state index < -0.39 is 23.3 Å². The van der Waals surface area contributed by atoms with Crippen LogP contribution in [0.15, 0.2) is 48.5 Å². The molecular formula is C19H19F3O4. The van der Waals surface area contributed by atoms with Crippen LogP contribution in [0.3, 0.4) is 0 Å². The van der Waals surface area contributed by atoms with Crippen LogP contribution in [0.2, 0.25) is 0 Å². The van der Waals surface area contributed by atoms with Crippen molar-refractivity contribution >= 4 is 5.97 Å². The van der Waals surface area contributed by atoms with Crippen molar-refractivity contribution in [3.63, 3.8) is 0 Å². The van der Waals surface area contributed by atoms with E-state index in [4.69, 9.17) is 9.47 Å². The molecule has 0 spiro atoms. The summed E-state index contributed by atoms with van der Waals surface area (Å²) in [6.07, 6.45) is -4.38. The number of halogens is 3. The van der Waals surface area contributed by atoms with Gasteiger partial charge in [-0.15, -0.1) is 0 Å². The third kappa shape index (κ3) is 4.91. The van der Waals surface area contributed by atoms with Gasteiger partial charge in [-0.3, -0.25) is 0 Å². The summed E-state index contributed by atoms with van der Waals surface area (Å²) < 4.78 is 48.8. The second kappa shape index (κ2) is 7.68. The Morgan fingerprint density at radius 3 is 2.31 bits per heavy atom. The molecule has 2 rings (SSSR count). The largest absolute Gasteiger partial charge is 0.508 e. The maximum atomic E-state index is 12.7. The Morgan fingerprint density at radius 2 is 1.77 bits per heavy atom. The highest BCUT2D eigenvalue weighted by molar-refractivity contribution is 5.80. The molecule has 0 radical (unpaired) electrons. The fourth-order valence-electron chi connectivity index (χ4n) is 2.46. The Hall–Kier alpha value is -2.70. The number of carbonyl (C=O) groups excluding carboxylic acids is 1. The van der Waals surface area contributed by atoms with Gasteiger partial charge in [-0.25, -0.2) is 4.79 Å². The van der Waals surface area contributed by atoms with Gasteiger partial charge >= 0.3 is 12.1 Å². The van der Waals surface area contributed by atoms with Gasteiger partial charge in [0.15, 0.2) is 0 Å². The zero-order valence-electron chi connectivity index (χ0n) is 14.3. The summed E-state index contributed by atoms with van der Waals surface area (Å²) in [6, 6.07) is 10.4. The molecule has 0 saturated heterocycles. The Labute approximate surface area is 149 Å². The van der Waals surface area contributed by atoms with Crippen molar-refractivity contribution in [1.82, 2.24) is 0 Å². The Balaban J connectivity index is 2.28. The van der Waals surface area contributed by atoms with E-state index in [0.717, 1.165) is 24.3 Å². The lowest BCUT2D eigenvalue weighted by Gasteiger charge is -2.28. The number of aromatic hydroxyl groups is 1. The highest BCUT2D eigenvalue weighted by atomic mass is 19.4. The van der Waals surface area contributed by atoms with Crippen molar-refractivity contribution in [2.45, 2.75) is 32.0 Å². The predicted molar refractivity (Wildman–Crippen MR) is 88.9 cm³/mol. The number of hydrogen-bond acceptors (Lipinski definition) is 4. The zero-order valence-corrected chi connectivity index (χ0v) is 14.3. The fourth-order valence-corrected chi connectivity index (χ4v) is 2.46. The Morgan fingerprint density at radius 1 is 1.12 bits per heavy atom. The van der Waals surface area contributed by atoms with Crippen molar-refractivity contribution < 1.29 is 32.5 Å². The molecule has 0 aliphatic carbocycles. The number of carbonyl (C=O) groups is 1. The molecule has 140 valence electrons. The molecule has 1 atom stereocenters. The van der Waals surface area contributed by atoms with Gasteiger partial charge in [-0.05, 0) is 55.8 Å². The van der Waals surface area contributed by atoms with E-state index in [2.05, 4.69) is 0 Å². The first-order valence-corrected chi connectivity index (χ1v) is 7.95. The van der Waals surface area contributed by atoms with E-state index >= 15 is 0 Å². The number of phenolic OH excluding ortho intramolecular Hbond substituents is 1. The first-order chi connectivity index (χ1) is 12.1. The lowest BCUT2D eigenvalue weighted by atomic mass is 9.96. The normalized spacial score (nSPS) is 13.7. The number of hydrogen-bond donors (Lipinski definition) is 1. The minimum atomic E-state index is -4.45. The van der Waals surface area contributed by atoms with E-state index in [0.29, 0.717) is 5.56 Å². The van der Waals surface area contributed by atoms with Gasteiger partial charge in [0.05, 0.1) is 12.2 Å². The third-order valence-corrected chi connectivity index (χ3v) is 3.68. The summed E-state index contributed by atoms with van der Waals surface area (Å²) in [5.74, 6) is -0.514. The van der Waals surface area contributed by atoms with Gasteiger partial charge in [0.1, 0.15) is 11.5 Å². The topological polar surface area (TPSA) is 55.8 Å². The van der Waals surface area contributed by atoms with E-state index in [9.17, 15) is 23.1 Å². The third-order valence-electron chi connectivity index (χ3n) is 3.68. The molecule has 26 heavy (non-hydrogen) atoms.